The van der Waals surface area contributed by atoms with Crippen LogP contribution in [0.5, 0.6) is 0 Å². The van der Waals surface area contributed by atoms with E-state index in [1.165, 1.54) is 148 Å². The number of carbonyl (C=O) groups is 1. The summed E-state index contributed by atoms with van der Waals surface area (Å²) in [6.07, 6.45) is 48.1. The quantitative estimate of drug-likeness (QED) is 0.0464. The maximum absolute atomic E-state index is 12.4. The Balaban J connectivity index is 3.55. The lowest BCUT2D eigenvalue weighted by molar-refractivity contribution is -0.123. The van der Waals surface area contributed by atoms with Crippen LogP contribution in [0.25, 0.3) is 0 Å². The van der Waals surface area contributed by atoms with Crippen LogP contribution in [-0.2, 0) is 4.79 Å². The molecule has 0 radical (unpaired) electrons. The Kier molecular flexibility index (Phi) is 37.4. The minimum Gasteiger partial charge on any atom is -0.394 e. The molecule has 0 spiro atoms. The summed E-state index contributed by atoms with van der Waals surface area (Å²) < 4.78 is 0. The number of amides is 1. The van der Waals surface area contributed by atoms with Crippen molar-refractivity contribution < 1.29 is 15.0 Å². The lowest BCUT2D eigenvalue weighted by Gasteiger charge is -2.22. The normalized spacial score (nSPS) is 13.2. The zero-order valence-electron chi connectivity index (χ0n) is 31.1. The van der Waals surface area contributed by atoms with Gasteiger partial charge in [0.25, 0.3) is 0 Å². The second-order valence-electron chi connectivity index (χ2n) is 14.1. The summed E-state index contributed by atoms with van der Waals surface area (Å²) in [7, 11) is 0. The smallest absolute Gasteiger partial charge is 0.220 e. The number of nitrogens with one attached hydrogen (secondary N) is 1. The third kappa shape index (κ3) is 34.2. The van der Waals surface area contributed by atoms with Crippen molar-refractivity contribution in [2.24, 2.45) is 0 Å². The average molecular weight is 648 g/mol. The molecule has 0 heterocycles. The molecule has 272 valence electrons. The first kappa shape index (κ1) is 44.9. The standard InChI is InChI=1S/C42H81NO3/c1-3-5-7-9-11-13-15-17-19-21-22-23-25-27-29-31-33-35-37-41(45)40(39-44)43-42(46)38-36-34-32-30-28-26-24-20-18-16-14-12-10-8-6-4-2/h14,16,20,24,40-41,44-45H,3-13,15,17-19,21-23,25-39H2,1-2H3,(H,43,46)/b16-14-,24-20-. The molecule has 4 nitrogen and oxygen atoms in total. The number of carbonyl (C=O) groups excluding carboxylic acids is 1. The van der Waals surface area contributed by atoms with Gasteiger partial charge in [0.1, 0.15) is 0 Å². The van der Waals surface area contributed by atoms with Crippen LogP contribution < -0.4 is 5.32 Å². The van der Waals surface area contributed by atoms with Crippen LogP contribution in [0.2, 0.25) is 0 Å². The number of allylic oxidation sites excluding steroid dienone is 4. The lowest BCUT2D eigenvalue weighted by Crippen LogP contribution is -2.45. The molecule has 0 rings (SSSR count). The molecule has 2 unspecified atom stereocenters. The van der Waals surface area contributed by atoms with E-state index >= 15 is 0 Å². The predicted octanol–water partition coefficient (Wildman–Crippen LogP) is 12.5. The van der Waals surface area contributed by atoms with Crippen molar-refractivity contribution in [3.05, 3.63) is 24.3 Å². The van der Waals surface area contributed by atoms with E-state index in [0.29, 0.717) is 12.8 Å². The van der Waals surface area contributed by atoms with Crippen LogP contribution in [0.4, 0.5) is 0 Å². The monoisotopic (exact) mass is 648 g/mol. The Labute approximate surface area is 288 Å². The van der Waals surface area contributed by atoms with E-state index in [-0.39, 0.29) is 12.5 Å². The average Bonchev–Trinajstić information content (AvgIpc) is 3.06. The van der Waals surface area contributed by atoms with Gasteiger partial charge in [-0.25, -0.2) is 0 Å². The van der Waals surface area contributed by atoms with Gasteiger partial charge in [-0.2, -0.15) is 0 Å². The van der Waals surface area contributed by atoms with Crippen molar-refractivity contribution in [2.45, 2.75) is 231 Å². The van der Waals surface area contributed by atoms with E-state index in [1.54, 1.807) is 0 Å². The Morgan fingerprint density at radius 1 is 0.522 bits per heavy atom. The molecular weight excluding hydrogens is 566 g/mol. The van der Waals surface area contributed by atoms with E-state index < -0.39 is 12.1 Å². The molecule has 0 saturated heterocycles. The van der Waals surface area contributed by atoms with E-state index in [2.05, 4.69) is 43.5 Å². The van der Waals surface area contributed by atoms with Gasteiger partial charge in [0.2, 0.25) is 5.91 Å². The SMILES string of the molecule is CCCCCC/C=C\C/C=C\CCCCCCCC(=O)NC(CO)C(O)CCCCCCCCCCCCCCCCCCCC. The Morgan fingerprint density at radius 3 is 1.33 bits per heavy atom. The molecule has 4 heteroatoms. The third-order valence-corrected chi connectivity index (χ3v) is 9.47. The number of hydrogen-bond acceptors (Lipinski definition) is 3. The van der Waals surface area contributed by atoms with Crippen molar-refractivity contribution in [3.63, 3.8) is 0 Å². The predicted molar refractivity (Wildman–Crippen MR) is 202 cm³/mol. The molecule has 0 saturated carbocycles. The summed E-state index contributed by atoms with van der Waals surface area (Å²) in [5, 5.41) is 23.1. The number of rotatable bonds is 37. The molecule has 0 aliphatic rings. The van der Waals surface area contributed by atoms with Crippen molar-refractivity contribution in [3.8, 4) is 0 Å². The van der Waals surface area contributed by atoms with Gasteiger partial charge in [-0.15, -0.1) is 0 Å². The molecule has 0 bridgehead atoms. The summed E-state index contributed by atoms with van der Waals surface area (Å²) in [4.78, 5) is 12.4. The fourth-order valence-electron chi connectivity index (χ4n) is 6.27. The number of hydrogen-bond donors (Lipinski definition) is 3. The molecule has 2 atom stereocenters. The summed E-state index contributed by atoms with van der Waals surface area (Å²) in [6.45, 7) is 4.34. The maximum Gasteiger partial charge on any atom is 0.220 e. The second kappa shape index (κ2) is 38.3. The van der Waals surface area contributed by atoms with E-state index in [0.717, 1.165) is 44.9 Å². The third-order valence-electron chi connectivity index (χ3n) is 9.47. The number of aliphatic hydroxyl groups excluding tert-OH is 2. The van der Waals surface area contributed by atoms with Gasteiger partial charge in [-0.3, -0.25) is 4.79 Å². The first-order valence-electron chi connectivity index (χ1n) is 20.5. The second-order valence-corrected chi connectivity index (χ2v) is 14.1. The Hall–Kier alpha value is -1.13. The summed E-state index contributed by atoms with van der Waals surface area (Å²) in [5.74, 6) is -0.0442. The van der Waals surface area contributed by atoms with Gasteiger partial charge in [0.15, 0.2) is 0 Å². The van der Waals surface area contributed by atoms with Gasteiger partial charge >= 0.3 is 0 Å². The topological polar surface area (TPSA) is 69.6 Å². The van der Waals surface area contributed by atoms with Crippen LogP contribution in [0.3, 0.4) is 0 Å². The van der Waals surface area contributed by atoms with E-state index in [4.69, 9.17) is 0 Å². The zero-order chi connectivity index (χ0) is 33.6. The maximum atomic E-state index is 12.4. The zero-order valence-corrected chi connectivity index (χ0v) is 31.1. The Morgan fingerprint density at radius 2 is 0.891 bits per heavy atom. The minimum absolute atomic E-state index is 0.0442. The van der Waals surface area contributed by atoms with Crippen molar-refractivity contribution >= 4 is 5.91 Å². The van der Waals surface area contributed by atoms with Gasteiger partial charge in [0, 0.05) is 6.42 Å². The molecular formula is C42H81NO3. The minimum atomic E-state index is -0.663. The summed E-state index contributed by atoms with van der Waals surface area (Å²) in [5.41, 5.74) is 0. The molecule has 0 aromatic heterocycles. The van der Waals surface area contributed by atoms with Crippen LogP contribution >= 0.6 is 0 Å². The van der Waals surface area contributed by atoms with Gasteiger partial charge in [-0.1, -0.05) is 192 Å². The summed E-state index contributed by atoms with van der Waals surface area (Å²) in [6, 6.07) is -0.541. The van der Waals surface area contributed by atoms with Crippen molar-refractivity contribution in [2.75, 3.05) is 6.61 Å². The molecule has 1 amide bonds. The van der Waals surface area contributed by atoms with Crippen LogP contribution in [-0.4, -0.2) is 34.9 Å². The first-order chi connectivity index (χ1) is 22.7. The largest absolute Gasteiger partial charge is 0.394 e. The van der Waals surface area contributed by atoms with E-state index in [1.807, 2.05) is 0 Å². The molecule has 0 aromatic rings. The molecule has 0 aliphatic carbocycles. The van der Waals surface area contributed by atoms with Crippen molar-refractivity contribution in [1.29, 1.82) is 0 Å². The molecule has 0 aromatic carbocycles. The Bertz CT molecular complexity index is 661. The van der Waals surface area contributed by atoms with Crippen molar-refractivity contribution in [1.82, 2.24) is 5.32 Å². The lowest BCUT2D eigenvalue weighted by atomic mass is 10.0. The highest BCUT2D eigenvalue weighted by Crippen LogP contribution is 2.16. The van der Waals surface area contributed by atoms with Gasteiger partial charge < -0.3 is 15.5 Å². The van der Waals surface area contributed by atoms with Crippen LogP contribution in [0.1, 0.15) is 219 Å². The fourth-order valence-corrected chi connectivity index (χ4v) is 6.27. The van der Waals surface area contributed by atoms with E-state index in [9.17, 15) is 15.0 Å². The highest BCUT2D eigenvalue weighted by molar-refractivity contribution is 5.76. The number of aliphatic hydroxyl groups is 2. The first-order valence-corrected chi connectivity index (χ1v) is 20.5. The van der Waals surface area contributed by atoms with Crippen LogP contribution in [0.15, 0.2) is 24.3 Å². The molecule has 0 fully saturated rings. The fraction of sp³-hybridized carbons (Fsp3) is 0.881. The molecule has 0 aliphatic heterocycles. The highest BCUT2D eigenvalue weighted by atomic mass is 16.3. The molecule has 3 N–H and O–H groups in total. The molecule has 46 heavy (non-hydrogen) atoms. The van der Waals surface area contributed by atoms with Crippen LogP contribution in [0, 0.1) is 0 Å². The summed E-state index contributed by atoms with van der Waals surface area (Å²) >= 11 is 0. The number of unbranched alkanes of at least 4 members (excludes halogenated alkanes) is 26. The van der Waals surface area contributed by atoms with Gasteiger partial charge in [-0.05, 0) is 44.9 Å². The van der Waals surface area contributed by atoms with Gasteiger partial charge in [0.05, 0.1) is 18.8 Å². The highest BCUT2D eigenvalue weighted by Gasteiger charge is 2.19.